The Balaban J connectivity index is 2.62. The van der Waals surface area contributed by atoms with Crippen LogP contribution in [0.1, 0.15) is 17.5 Å². The van der Waals surface area contributed by atoms with Gasteiger partial charge in [0, 0.05) is 19.2 Å². The zero-order valence-electron chi connectivity index (χ0n) is 10.1. The van der Waals surface area contributed by atoms with Gasteiger partial charge in [-0.3, -0.25) is 4.90 Å². The van der Waals surface area contributed by atoms with E-state index < -0.39 is 0 Å². The molecule has 0 saturated heterocycles. The lowest BCUT2D eigenvalue weighted by atomic mass is 10.1. The molecule has 0 aromatic heterocycles. The summed E-state index contributed by atoms with van der Waals surface area (Å²) in [5.74, 6) is 0. The maximum Gasteiger partial charge on any atom is 0.0587 e. The van der Waals surface area contributed by atoms with Gasteiger partial charge in [-0.05, 0) is 31.5 Å². The first-order valence-corrected chi connectivity index (χ1v) is 5.65. The van der Waals surface area contributed by atoms with Gasteiger partial charge in [0.1, 0.15) is 0 Å². The minimum Gasteiger partial charge on any atom is -0.396 e. The number of aliphatic hydroxyl groups excluding tert-OH is 2. The molecule has 0 amide bonds. The fourth-order valence-corrected chi connectivity index (χ4v) is 1.79. The van der Waals surface area contributed by atoms with Crippen molar-refractivity contribution in [3.8, 4) is 0 Å². The van der Waals surface area contributed by atoms with Crippen LogP contribution in [0.25, 0.3) is 0 Å². The third-order valence-electron chi connectivity index (χ3n) is 2.98. The van der Waals surface area contributed by atoms with Gasteiger partial charge in [-0.2, -0.15) is 0 Å². The van der Waals surface area contributed by atoms with Gasteiger partial charge in [0.2, 0.25) is 0 Å². The van der Waals surface area contributed by atoms with E-state index in [0.29, 0.717) is 6.42 Å². The molecule has 1 atom stereocenters. The summed E-state index contributed by atoms with van der Waals surface area (Å²) >= 11 is 0. The third-order valence-corrected chi connectivity index (χ3v) is 2.98. The highest BCUT2D eigenvalue weighted by molar-refractivity contribution is 5.25. The highest BCUT2D eigenvalue weighted by Crippen LogP contribution is 2.12. The molecule has 2 N–H and O–H groups in total. The van der Waals surface area contributed by atoms with Crippen LogP contribution in [0, 0.1) is 6.92 Å². The maximum atomic E-state index is 9.22. The highest BCUT2D eigenvalue weighted by atomic mass is 16.3. The summed E-state index contributed by atoms with van der Waals surface area (Å²) in [6, 6.07) is 8.26. The largest absolute Gasteiger partial charge is 0.396 e. The maximum absolute atomic E-state index is 9.22. The van der Waals surface area contributed by atoms with E-state index in [-0.39, 0.29) is 19.3 Å². The van der Waals surface area contributed by atoms with E-state index in [1.165, 1.54) is 11.1 Å². The zero-order valence-corrected chi connectivity index (χ0v) is 10.1. The Kier molecular flexibility index (Phi) is 5.46. The summed E-state index contributed by atoms with van der Waals surface area (Å²) in [5, 5.41) is 18.1. The van der Waals surface area contributed by atoms with Crippen LogP contribution in [0.2, 0.25) is 0 Å². The number of aryl methyl sites for hydroxylation is 1. The first kappa shape index (κ1) is 13.2. The third kappa shape index (κ3) is 3.59. The summed E-state index contributed by atoms with van der Waals surface area (Å²) in [5.41, 5.74) is 2.52. The molecule has 0 aliphatic rings. The van der Waals surface area contributed by atoms with Gasteiger partial charge in [-0.25, -0.2) is 0 Å². The van der Waals surface area contributed by atoms with Crippen LogP contribution >= 0.6 is 0 Å². The van der Waals surface area contributed by atoms with Gasteiger partial charge in [0.15, 0.2) is 0 Å². The van der Waals surface area contributed by atoms with E-state index in [2.05, 4.69) is 24.0 Å². The summed E-state index contributed by atoms with van der Waals surface area (Å²) in [4.78, 5) is 2.08. The van der Waals surface area contributed by atoms with Crippen molar-refractivity contribution in [1.29, 1.82) is 0 Å². The normalized spacial score (nSPS) is 13.1. The predicted molar refractivity (Wildman–Crippen MR) is 65.2 cm³/mol. The number of aliphatic hydroxyl groups is 2. The van der Waals surface area contributed by atoms with Gasteiger partial charge in [0.25, 0.3) is 0 Å². The van der Waals surface area contributed by atoms with Crippen molar-refractivity contribution >= 4 is 0 Å². The topological polar surface area (TPSA) is 43.7 Å². The number of hydrogen-bond acceptors (Lipinski definition) is 3. The summed E-state index contributed by atoms with van der Waals surface area (Å²) in [6.07, 6.45) is 0.610. The summed E-state index contributed by atoms with van der Waals surface area (Å²) in [6.45, 7) is 3.09. The number of benzene rings is 1. The van der Waals surface area contributed by atoms with Crippen molar-refractivity contribution in [1.82, 2.24) is 4.90 Å². The Morgan fingerprint density at radius 3 is 2.50 bits per heavy atom. The van der Waals surface area contributed by atoms with Crippen LogP contribution in [0.3, 0.4) is 0 Å². The van der Waals surface area contributed by atoms with Gasteiger partial charge in [0.05, 0.1) is 6.61 Å². The lowest BCUT2D eigenvalue weighted by molar-refractivity contribution is 0.115. The van der Waals surface area contributed by atoms with Crippen molar-refractivity contribution < 1.29 is 10.2 Å². The molecular weight excluding hydrogens is 202 g/mol. The van der Waals surface area contributed by atoms with Crippen LogP contribution in [-0.2, 0) is 6.54 Å². The number of hydrogen-bond donors (Lipinski definition) is 2. The Labute approximate surface area is 97.3 Å². The van der Waals surface area contributed by atoms with Gasteiger partial charge in [-0.15, -0.1) is 0 Å². The molecule has 3 nitrogen and oxygen atoms in total. The van der Waals surface area contributed by atoms with Crippen LogP contribution < -0.4 is 0 Å². The highest BCUT2D eigenvalue weighted by Gasteiger charge is 2.13. The summed E-state index contributed by atoms with van der Waals surface area (Å²) in [7, 11) is 1.98. The molecule has 1 rings (SSSR count). The van der Waals surface area contributed by atoms with Gasteiger partial charge in [-0.1, -0.05) is 24.3 Å². The first-order valence-electron chi connectivity index (χ1n) is 5.65. The van der Waals surface area contributed by atoms with Crippen molar-refractivity contribution in [3.05, 3.63) is 35.4 Å². The molecule has 90 valence electrons. The lowest BCUT2D eigenvalue weighted by Gasteiger charge is -2.26. The Morgan fingerprint density at radius 1 is 1.25 bits per heavy atom. The average molecular weight is 223 g/mol. The molecule has 0 aliphatic carbocycles. The van der Waals surface area contributed by atoms with E-state index in [4.69, 9.17) is 5.11 Å². The molecule has 0 spiro atoms. The monoisotopic (exact) mass is 223 g/mol. The fourth-order valence-electron chi connectivity index (χ4n) is 1.79. The quantitative estimate of drug-likeness (QED) is 0.761. The van der Waals surface area contributed by atoms with Crippen LogP contribution in [-0.4, -0.2) is 41.4 Å². The molecule has 0 saturated carbocycles. The molecule has 0 fully saturated rings. The van der Waals surface area contributed by atoms with E-state index in [1.54, 1.807) is 0 Å². The van der Waals surface area contributed by atoms with Crippen LogP contribution in [0.5, 0.6) is 0 Å². The molecule has 0 heterocycles. The van der Waals surface area contributed by atoms with Gasteiger partial charge >= 0.3 is 0 Å². The standard InChI is InChI=1S/C13H21NO2/c1-11-5-3-4-6-12(11)9-14(2)13(10-16)7-8-15/h3-6,13,15-16H,7-10H2,1-2H3. The van der Waals surface area contributed by atoms with E-state index in [9.17, 15) is 5.11 Å². The average Bonchev–Trinajstić information content (AvgIpc) is 2.29. The second-order valence-electron chi connectivity index (χ2n) is 4.19. The predicted octanol–water partition coefficient (Wildman–Crippen LogP) is 1.17. The first-order chi connectivity index (χ1) is 7.69. The van der Waals surface area contributed by atoms with Crippen molar-refractivity contribution in [2.45, 2.75) is 25.9 Å². The number of nitrogens with zero attached hydrogens (tertiary/aromatic N) is 1. The van der Waals surface area contributed by atoms with Gasteiger partial charge < -0.3 is 10.2 Å². The molecule has 0 radical (unpaired) electrons. The molecule has 1 unspecified atom stereocenters. The molecule has 16 heavy (non-hydrogen) atoms. The molecule has 1 aromatic carbocycles. The Morgan fingerprint density at radius 2 is 1.94 bits per heavy atom. The molecule has 1 aromatic rings. The van der Waals surface area contributed by atoms with E-state index in [1.807, 2.05) is 19.2 Å². The molecule has 0 bridgehead atoms. The molecular formula is C13H21NO2. The molecule has 3 heteroatoms. The SMILES string of the molecule is Cc1ccccc1CN(C)C(CO)CCO. The Bertz CT molecular complexity index is 315. The van der Waals surface area contributed by atoms with Crippen molar-refractivity contribution in [2.24, 2.45) is 0 Å². The second-order valence-corrected chi connectivity index (χ2v) is 4.19. The van der Waals surface area contributed by atoms with E-state index >= 15 is 0 Å². The Hall–Kier alpha value is -0.900. The lowest BCUT2D eigenvalue weighted by Crippen LogP contribution is -2.35. The minimum atomic E-state index is 0.0320. The van der Waals surface area contributed by atoms with E-state index in [0.717, 1.165) is 6.54 Å². The second kappa shape index (κ2) is 6.63. The zero-order chi connectivity index (χ0) is 12.0. The number of rotatable bonds is 6. The van der Waals surface area contributed by atoms with Crippen LogP contribution in [0.15, 0.2) is 24.3 Å². The van der Waals surface area contributed by atoms with Crippen LogP contribution in [0.4, 0.5) is 0 Å². The van der Waals surface area contributed by atoms with Crippen molar-refractivity contribution in [3.63, 3.8) is 0 Å². The minimum absolute atomic E-state index is 0.0320. The summed E-state index contributed by atoms with van der Waals surface area (Å²) < 4.78 is 0. The molecule has 0 aliphatic heterocycles. The smallest absolute Gasteiger partial charge is 0.0587 e. The fraction of sp³-hybridized carbons (Fsp3) is 0.538. The van der Waals surface area contributed by atoms with Crippen molar-refractivity contribution in [2.75, 3.05) is 20.3 Å². The number of likely N-dealkylation sites (N-methyl/N-ethyl adjacent to an activating group) is 1.